The summed E-state index contributed by atoms with van der Waals surface area (Å²) in [5.74, 6) is 0.396. The summed E-state index contributed by atoms with van der Waals surface area (Å²) in [5, 5.41) is 0.450. The van der Waals surface area contributed by atoms with E-state index in [-0.39, 0.29) is 0 Å². The average Bonchev–Trinajstić information content (AvgIpc) is 2.75. The van der Waals surface area contributed by atoms with Gasteiger partial charge >= 0.3 is 6.18 Å². The van der Waals surface area contributed by atoms with Crippen LogP contribution >= 0.6 is 15.9 Å². The van der Waals surface area contributed by atoms with Gasteiger partial charge in [0.15, 0.2) is 5.82 Å². The lowest BCUT2D eigenvalue weighted by Crippen LogP contribution is -2.35. The van der Waals surface area contributed by atoms with Gasteiger partial charge in [-0.3, -0.25) is 0 Å². The van der Waals surface area contributed by atoms with E-state index in [1.54, 1.807) is 12.3 Å². The van der Waals surface area contributed by atoms with Gasteiger partial charge in [0.2, 0.25) is 0 Å². The van der Waals surface area contributed by atoms with Gasteiger partial charge in [0.1, 0.15) is 12.2 Å². The first-order valence-electron chi connectivity index (χ1n) is 6.30. The molecule has 2 heterocycles. The number of hydrogen-bond donors (Lipinski definition) is 0. The molecule has 110 valence electrons. The first-order valence-corrected chi connectivity index (χ1v) is 7.42. The van der Waals surface area contributed by atoms with Gasteiger partial charge in [0.25, 0.3) is 0 Å². The van der Waals surface area contributed by atoms with Crippen molar-refractivity contribution in [2.45, 2.75) is 24.9 Å². The van der Waals surface area contributed by atoms with Crippen LogP contribution < -0.4 is 4.90 Å². The third kappa shape index (κ3) is 3.26. The Kier molecular flexibility index (Phi) is 4.57. The molecule has 0 aliphatic heterocycles. The zero-order valence-corrected chi connectivity index (χ0v) is 12.6. The predicted octanol–water partition coefficient (Wildman–Crippen LogP) is 4.01. The fraction of sp³-hybridized carbons (Fsp3) is 0.462. The zero-order chi connectivity index (χ0) is 14.8. The summed E-state index contributed by atoms with van der Waals surface area (Å²) >= 11 is 3.34. The van der Waals surface area contributed by atoms with Crippen molar-refractivity contribution in [3.8, 4) is 0 Å². The smallest absolute Gasteiger partial charge is 0.346 e. The maximum atomic E-state index is 12.7. The largest absolute Gasteiger partial charge is 0.405 e. The summed E-state index contributed by atoms with van der Waals surface area (Å²) in [5.41, 5.74) is 1.39. The highest BCUT2D eigenvalue weighted by Gasteiger charge is 2.32. The molecule has 7 heteroatoms. The zero-order valence-electron chi connectivity index (χ0n) is 11.0. The number of imidazole rings is 1. The molecule has 2 rings (SSSR count). The van der Waals surface area contributed by atoms with Crippen molar-refractivity contribution < 1.29 is 13.2 Å². The van der Waals surface area contributed by atoms with E-state index < -0.39 is 12.7 Å². The number of pyridine rings is 1. The molecule has 0 saturated carbocycles. The first kappa shape index (κ1) is 15.2. The molecule has 3 nitrogen and oxygen atoms in total. The van der Waals surface area contributed by atoms with E-state index in [9.17, 15) is 13.2 Å². The number of alkyl halides is 4. The van der Waals surface area contributed by atoms with Gasteiger partial charge in [0.05, 0.1) is 5.69 Å². The van der Waals surface area contributed by atoms with Crippen LogP contribution in [-0.2, 0) is 5.33 Å². The van der Waals surface area contributed by atoms with E-state index in [0.29, 0.717) is 29.8 Å². The van der Waals surface area contributed by atoms with E-state index >= 15 is 0 Å². The molecule has 20 heavy (non-hydrogen) atoms. The number of aromatic nitrogens is 2. The molecular weight excluding hydrogens is 335 g/mol. The van der Waals surface area contributed by atoms with E-state index in [2.05, 4.69) is 20.9 Å². The predicted molar refractivity (Wildman–Crippen MR) is 76.4 cm³/mol. The van der Waals surface area contributed by atoms with Crippen molar-refractivity contribution in [2.75, 3.05) is 18.0 Å². The van der Waals surface area contributed by atoms with Crippen LogP contribution in [0.1, 0.15) is 19.0 Å². The Labute approximate surface area is 123 Å². The van der Waals surface area contributed by atoms with Crippen LogP contribution in [0.15, 0.2) is 24.4 Å². The van der Waals surface area contributed by atoms with Gasteiger partial charge in [-0.15, -0.1) is 0 Å². The second-order valence-corrected chi connectivity index (χ2v) is 5.04. The molecular formula is C13H15BrF3N3. The highest BCUT2D eigenvalue weighted by Crippen LogP contribution is 2.27. The Morgan fingerprint density at radius 2 is 2.10 bits per heavy atom. The van der Waals surface area contributed by atoms with Gasteiger partial charge in [0, 0.05) is 18.1 Å². The lowest BCUT2D eigenvalue weighted by atomic mass is 10.3. The minimum Gasteiger partial charge on any atom is -0.346 e. The van der Waals surface area contributed by atoms with Crippen molar-refractivity contribution in [3.05, 3.63) is 30.1 Å². The second-order valence-electron chi connectivity index (χ2n) is 4.48. The average molecular weight is 350 g/mol. The van der Waals surface area contributed by atoms with Crippen molar-refractivity contribution in [3.63, 3.8) is 0 Å². The number of anilines is 1. The standard InChI is InChI=1S/C13H15BrF3N3/c1-2-6-19(9-13(15,16)17)12-10(8-14)20-7-4-3-5-11(20)18-12/h3-5,7H,2,6,8-9H2,1H3. The van der Waals surface area contributed by atoms with Crippen LogP contribution in [0.25, 0.3) is 5.65 Å². The number of halogens is 4. The topological polar surface area (TPSA) is 20.5 Å². The molecule has 0 saturated heterocycles. The highest BCUT2D eigenvalue weighted by atomic mass is 79.9. The molecule has 0 amide bonds. The molecule has 2 aromatic heterocycles. The van der Waals surface area contributed by atoms with Gasteiger partial charge in [-0.05, 0) is 18.6 Å². The Hall–Kier alpha value is -1.24. The van der Waals surface area contributed by atoms with Crippen molar-refractivity contribution in [2.24, 2.45) is 0 Å². The maximum Gasteiger partial charge on any atom is 0.405 e. The monoisotopic (exact) mass is 349 g/mol. The lowest BCUT2D eigenvalue weighted by Gasteiger charge is -2.24. The third-order valence-electron chi connectivity index (χ3n) is 2.90. The maximum absolute atomic E-state index is 12.7. The number of fused-ring (bicyclic) bond motifs is 1. The molecule has 0 radical (unpaired) electrons. The molecule has 0 atom stereocenters. The number of rotatable bonds is 5. The Bertz CT molecular complexity index is 580. The van der Waals surface area contributed by atoms with Gasteiger partial charge in [-0.25, -0.2) is 4.98 Å². The third-order valence-corrected chi connectivity index (χ3v) is 3.43. The Morgan fingerprint density at radius 1 is 1.35 bits per heavy atom. The quantitative estimate of drug-likeness (QED) is 0.760. The summed E-state index contributed by atoms with van der Waals surface area (Å²) in [6.07, 6.45) is -1.81. The van der Waals surface area contributed by atoms with Crippen LogP contribution in [0.5, 0.6) is 0 Å². The highest BCUT2D eigenvalue weighted by molar-refractivity contribution is 9.08. The normalized spacial score (nSPS) is 12.1. The van der Waals surface area contributed by atoms with Gasteiger partial charge in [-0.1, -0.05) is 28.9 Å². The van der Waals surface area contributed by atoms with E-state index in [1.165, 1.54) is 4.90 Å². The van der Waals surface area contributed by atoms with Crippen LogP contribution in [0.2, 0.25) is 0 Å². The Balaban J connectivity index is 2.46. The molecule has 0 aromatic carbocycles. The first-order chi connectivity index (χ1) is 9.46. The summed E-state index contributed by atoms with van der Waals surface area (Å²) in [7, 11) is 0. The number of hydrogen-bond acceptors (Lipinski definition) is 2. The molecule has 0 fully saturated rings. The fourth-order valence-corrected chi connectivity index (χ4v) is 2.68. The second kappa shape index (κ2) is 6.03. The Morgan fingerprint density at radius 3 is 2.70 bits per heavy atom. The van der Waals surface area contributed by atoms with E-state index in [4.69, 9.17) is 0 Å². The molecule has 0 aliphatic carbocycles. The van der Waals surface area contributed by atoms with Crippen LogP contribution in [-0.4, -0.2) is 28.7 Å². The molecule has 0 unspecified atom stereocenters. The van der Waals surface area contributed by atoms with Crippen LogP contribution in [0.4, 0.5) is 19.0 Å². The van der Waals surface area contributed by atoms with Crippen molar-refractivity contribution in [1.82, 2.24) is 9.38 Å². The summed E-state index contributed by atoms with van der Waals surface area (Å²) in [6.45, 7) is 1.20. The van der Waals surface area contributed by atoms with Crippen molar-refractivity contribution >= 4 is 27.4 Å². The van der Waals surface area contributed by atoms with Crippen LogP contribution in [0.3, 0.4) is 0 Å². The van der Waals surface area contributed by atoms with Crippen molar-refractivity contribution in [1.29, 1.82) is 0 Å². The minimum absolute atomic E-state index is 0.323. The lowest BCUT2D eigenvalue weighted by molar-refractivity contribution is -0.119. The molecule has 2 aromatic rings. The summed E-state index contributed by atoms with van der Waals surface area (Å²) in [4.78, 5) is 5.64. The molecule has 0 aliphatic rings. The molecule has 0 bridgehead atoms. The van der Waals surface area contributed by atoms with E-state index in [1.807, 2.05) is 23.5 Å². The molecule has 0 spiro atoms. The van der Waals surface area contributed by atoms with E-state index in [0.717, 1.165) is 5.69 Å². The summed E-state index contributed by atoms with van der Waals surface area (Å²) < 4.78 is 40.0. The van der Waals surface area contributed by atoms with Gasteiger partial charge < -0.3 is 9.30 Å². The van der Waals surface area contributed by atoms with Gasteiger partial charge in [-0.2, -0.15) is 13.2 Å². The molecule has 0 N–H and O–H groups in total. The fourth-order valence-electron chi connectivity index (χ4n) is 2.16. The SMILES string of the molecule is CCCN(CC(F)(F)F)c1nc2ccccn2c1CBr. The minimum atomic E-state index is -4.24. The van der Waals surface area contributed by atoms with Crippen LogP contribution in [0, 0.1) is 0 Å². The number of nitrogens with zero attached hydrogens (tertiary/aromatic N) is 3. The summed E-state index contributed by atoms with van der Waals surface area (Å²) in [6, 6.07) is 5.43.